The normalized spacial score (nSPS) is 16.8. The maximum atomic E-state index is 13.2. The van der Waals surface area contributed by atoms with Crippen LogP contribution in [0.1, 0.15) is 57.7 Å². The minimum atomic E-state index is -0.230. The molecule has 0 bridgehead atoms. The van der Waals surface area contributed by atoms with E-state index >= 15 is 0 Å². The number of piperidine rings is 1. The predicted octanol–water partition coefficient (Wildman–Crippen LogP) is 5.84. The summed E-state index contributed by atoms with van der Waals surface area (Å²) in [5.74, 6) is 0.101. The Labute approximate surface area is 221 Å². The molecular formula is C32H27N3O3. The zero-order valence-electron chi connectivity index (χ0n) is 21.1. The molecule has 0 unspecified atom stereocenters. The van der Waals surface area contributed by atoms with Crippen molar-refractivity contribution in [3.05, 3.63) is 113 Å². The van der Waals surface area contributed by atoms with Crippen LogP contribution in [0.4, 0.5) is 5.69 Å². The molecule has 1 aromatic heterocycles. The van der Waals surface area contributed by atoms with Gasteiger partial charge in [-0.1, -0.05) is 48.5 Å². The Morgan fingerprint density at radius 2 is 1.63 bits per heavy atom. The molecule has 0 atom stereocenters. The van der Waals surface area contributed by atoms with E-state index in [1.165, 1.54) is 17.4 Å². The summed E-state index contributed by atoms with van der Waals surface area (Å²) in [4.78, 5) is 46.7. The third kappa shape index (κ3) is 4.28. The number of hydrogen-bond donors (Lipinski definition) is 0. The molecule has 0 aliphatic carbocycles. The van der Waals surface area contributed by atoms with Gasteiger partial charge in [0.2, 0.25) is 11.7 Å². The highest BCUT2D eigenvalue weighted by Gasteiger charge is 2.34. The van der Waals surface area contributed by atoms with Gasteiger partial charge in [0.15, 0.2) is 0 Å². The van der Waals surface area contributed by atoms with E-state index in [0.717, 1.165) is 36.8 Å². The third-order valence-electron chi connectivity index (χ3n) is 7.47. The van der Waals surface area contributed by atoms with Crippen molar-refractivity contribution >= 4 is 40.3 Å². The fourth-order valence-corrected chi connectivity index (χ4v) is 5.52. The topological polar surface area (TPSA) is 70.6 Å². The Morgan fingerprint density at radius 3 is 2.39 bits per heavy atom. The number of fused-ring (bicyclic) bond motifs is 2. The molecule has 0 N–H and O–H groups in total. The lowest BCUT2D eigenvalue weighted by atomic mass is 9.89. The van der Waals surface area contributed by atoms with Crippen molar-refractivity contribution in [1.82, 2.24) is 9.88 Å². The average Bonchev–Trinajstić information content (AvgIpc) is 3.24. The van der Waals surface area contributed by atoms with Crippen LogP contribution < -0.4 is 4.90 Å². The molecule has 188 valence electrons. The van der Waals surface area contributed by atoms with Crippen molar-refractivity contribution < 1.29 is 14.4 Å². The Hall–Kier alpha value is -4.58. The second kappa shape index (κ2) is 9.71. The highest BCUT2D eigenvalue weighted by Crippen LogP contribution is 2.35. The van der Waals surface area contributed by atoms with Gasteiger partial charge in [0.25, 0.3) is 5.91 Å². The number of anilines is 1. The number of ketones is 1. The van der Waals surface area contributed by atoms with Crippen LogP contribution in [0.2, 0.25) is 0 Å². The number of aromatic nitrogens is 1. The van der Waals surface area contributed by atoms with E-state index in [2.05, 4.69) is 24.3 Å². The number of pyridine rings is 1. The van der Waals surface area contributed by atoms with E-state index in [4.69, 9.17) is 4.98 Å². The molecule has 0 spiro atoms. The van der Waals surface area contributed by atoms with E-state index in [0.29, 0.717) is 28.4 Å². The zero-order valence-corrected chi connectivity index (χ0v) is 21.1. The van der Waals surface area contributed by atoms with E-state index in [9.17, 15) is 14.4 Å². The summed E-state index contributed by atoms with van der Waals surface area (Å²) in [5.41, 5.74) is 4.66. The van der Waals surface area contributed by atoms with Crippen LogP contribution in [-0.2, 0) is 4.79 Å². The van der Waals surface area contributed by atoms with Gasteiger partial charge in [-0.25, -0.2) is 4.98 Å². The van der Waals surface area contributed by atoms with Crippen LogP contribution in [0.5, 0.6) is 0 Å². The quantitative estimate of drug-likeness (QED) is 0.331. The van der Waals surface area contributed by atoms with Crippen molar-refractivity contribution in [2.24, 2.45) is 0 Å². The van der Waals surface area contributed by atoms with E-state index in [-0.39, 0.29) is 23.3 Å². The number of benzene rings is 3. The molecule has 4 aromatic rings. The van der Waals surface area contributed by atoms with E-state index in [1.54, 1.807) is 24.3 Å². The van der Waals surface area contributed by atoms with Gasteiger partial charge >= 0.3 is 0 Å². The van der Waals surface area contributed by atoms with Crippen molar-refractivity contribution in [2.75, 3.05) is 18.0 Å². The lowest BCUT2D eigenvalue weighted by Crippen LogP contribution is -2.37. The molecule has 6 heteroatoms. The molecular weight excluding hydrogens is 474 g/mol. The monoisotopic (exact) mass is 501 g/mol. The minimum absolute atomic E-state index is 0.0380. The number of Topliss-reactive ketones (excluding diaryl/α,β-unsaturated/α-hetero) is 1. The van der Waals surface area contributed by atoms with Crippen LogP contribution in [0.15, 0.2) is 90.6 Å². The fourth-order valence-electron chi connectivity index (χ4n) is 5.52. The number of carbonyl (C=O) groups is 3. The third-order valence-corrected chi connectivity index (χ3v) is 7.47. The highest BCUT2D eigenvalue weighted by atomic mass is 16.2. The van der Waals surface area contributed by atoms with Crippen LogP contribution in [-0.4, -0.2) is 40.6 Å². The van der Waals surface area contributed by atoms with Crippen LogP contribution in [0, 0.1) is 0 Å². The molecule has 38 heavy (non-hydrogen) atoms. The van der Waals surface area contributed by atoms with Gasteiger partial charge in [-0.3, -0.25) is 19.3 Å². The molecule has 3 heterocycles. The van der Waals surface area contributed by atoms with Crippen LogP contribution >= 0.6 is 0 Å². The van der Waals surface area contributed by atoms with Crippen molar-refractivity contribution in [2.45, 2.75) is 25.7 Å². The molecule has 2 aliphatic heterocycles. The number of rotatable bonds is 3. The van der Waals surface area contributed by atoms with Gasteiger partial charge in [-0.05, 0) is 66.8 Å². The van der Waals surface area contributed by atoms with Crippen molar-refractivity contribution in [3.63, 3.8) is 0 Å². The smallest absolute Gasteiger partial charge is 0.253 e. The lowest BCUT2D eigenvalue weighted by molar-refractivity contribution is -0.116. The molecule has 2 amide bonds. The summed E-state index contributed by atoms with van der Waals surface area (Å²) in [6.07, 6.45) is 3.57. The van der Waals surface area contributed by atoms with Crippen molar-refractivity contribution in [3.8, 4) is 0 Å². The lowest BCUT2D eigenvalue weighted by Gasteiger charge is -2.32. The number of nitrogens with zero attached hydrogens (tertiary/aromatic N) is 3. The average molecular weight is 502 g/mol. The second-order valence-electron chi connectivity index (χ2n) is 9.85. The van der Waals surface area contributed by atoms with Gasteiger partial charge in [0.1, 0.15) is 0 Å². The first-order chi connectivity index (χ1) is 18.5. The predicted molar refractivity (Wildman–Crippen MR) is 148 cm³/mol. The van der Waals surface area contributed by atoms with Gasteiger partial charge in [-0.2, -0.15) is 0 Å². The molecule has 2 aliphatic rings. The first-order valence-electron chi connectivity index (χ1n) is 12.9. The number of hydrogen-bond acceptors (Lipinski definition) is 4. The Morgan fingerprint density at radius 1 is 0.895 bits per heavy atom. The molecule has 6 rings (SSSR count). The number of amides is 2. The largest absolute Gasteiger partial charge is 0.339 e. The zero-order chi connectivity index (χ0) is 26.2. The number of likely N-dealkylation sites (tertiary alicyclic amines) is 1. The summed E-state index contributed by atoms with van der Waals surface area (Å²) < 4.78 is 0. The summed E-state index contributed by atoms with van der Waals surface area (Å²) in [5, 5.41) is 0.849. The molecule has 1 fully saturated rings. The van der Waals surface area contributed by atoms with Crippen molar-refractivity contribution in [1.29, 1.82) is 0 Å². The molecule has 1 saturated heterocycles. The summed E-state index contributed by atoms with van der Waals surface area (Å²) in [6, 6.07) is 26.9. The first kappa shape index (κ1) is 23.8. The number of allylic oxidation sites excluding steroid dienone is 1. The molecule has 6 nitrogen and oxygen atoms in total. The number of para-hydroxylation sites is 1. The Bertz CT molecular complexity index is 1600. The Kier molecular flexibility index (Phi) is 6.08. The van der Waals surface area contributed by atoms with Crippen LogP contribution in [0.25, 0.3) is 17.0 Å². The first-order valence-corrected chi connectivity index (χ1v) is 12.9. The Balaban J connectivity index is 1.21. The summed E-state index contributed by atoms with van der Waals surface area (Å²) >= 11 is 0. The highest BCUT2D eigenvalue weighted by molar-refractivity contribution is 6.26. The summed E-state index contributed by atoms with van der Waals surface area (Å²) in [7, 11) is 0. The van der Waals surface area contributed by atoms with E-state index in [1.807, 2.05) is 47.4 Å². The SMILES string of the molecule is CC(=O)N1/C(=C\c2ccc3cc(C(=O)N4CCC(c5ccccc5)CC4)ccc3n2)C(=O)c2ccccc21. The maximum absolute atomic E-state index is 13.2. The van der Waals surface area contributed by atoms with Gasteiger partial charge < -0.3 is 4.90 Å². The number of carbonyl (C=O) groups excluding carboxylic acids is 3. The van der Waals surface area contributed by atoms with Gasteiger partial charge in [-0.15, -0.1) is 0 Å². The molecule has 0 saturated carbocycles. The van der Waals surface area contributed by atoms with Crippen LogP contribution in [0.3, 0.4) is 0 Å². The summed E-state index contributed by atoms with van der Waals surface area (Å²) in [6.45, 7) is 2.92. The minimum Gasteiger partial charge on any atom is -0.339 e. The molecule has 0 radical (unpaired) electrons. The molecule has 3 aromatic carbocycles. The van der Waals surface area contributed by atoms with Gasteiger partial charge in [0.05, 0.1) is 22.6 Å². The van der Waals surface area contributed by atoms with E-state index < -0.39 is 0 Å². The fraction of sp³-hybridized carbons (Fsp3) is 0.188. The van der Waals surface area contributed by atoms with Gasteiger partial charge in [0, 0.05) is 36.5 Å². The standard InChI is InChI=1S/C32H27N3O3/c1-21(36)35-29-10-6-5-9-27(29)31(37)30(35)20-26-13-11-24-19-25(12-14-28(24)33-26)32(38)34-17-15-23(16-18-34)22-7-3-2-4-8-22/h2-14,19-20,23H,15-18H2,1H3/b30-20-. The maximum Gasteiger partial charge on any atom is 0.253 e. The second-order valence-corrected chi connectivity index (χ2v) is 9.85.